The van der Waals surface area contributed by atoms with E-state index in [0.717, 1.165) is 68.1 Å². The fraction of sp³-hybridized carbons (Fsp3) is 0.391. The summed E-state index contributed by atoms with van der Waals surface area (Å²) in [5.41, 5.74) is 9.58. The number of nitrogens with one attached hydrogen (secondary N) is 1. The number of nitrogens with two attached hydrogens (primary N) is 1. The molecule has 1 saturated heterocycles. The quantitative estimate of drug-likeness (QED) is 0.790. The zero-order valence-corrected chi connectivity index (χ0v) is 16.5. The Bertz CT molecular complexity index is 895. The van der Waals surface area contributed by atoms with Crippen LogP contribution < -0.4 is 15.8 Å². The molecule has 4 rings (SSSR count). The topological polar surface area (TPSA) is 84.7 Å². The van der Waals surface area contributed by atoms with E-state index in [9.17, 15) is 9.59 Å². The summed E-state index contributed by atoms with van der Waals surface area (Å²) >= 11 is 0. The van der Waals surface area contributed by atoms with Gasteiger partial charge >= 0.3 is 0 Å². The number of piperidine rings is 1. The number of amides is 2. The van der Waals surface area contributed by atoms with E-state index in [2.05, 4.69) is 16.3 Å². The van der Waals surface area contributed by atoms with Crippen LogP contribution in [0.3, 0.4) is 0 Å². The number of nitrogens with zero attached hydrogens (tertiary/aromatic N) is 1. The largest absolute Gasteiger partial charge is 0.493 e. The van der Waals surface area contributed by atoms with Gasteiger partial charge in [0.1, 0.15) is 5.75 Å². The SMILES string of the molecule is NC(=O)C1CCCN(Cc2ccc(NC(=O)Cc3ccc4c(c3)CCO4)cc2)C1. The summed E-state index contributed by atoms with van der Waals surface area (Å²) in [6, 6.07) is 13.9. The van der Waals surface area contributed by atoms with Gasteiger partial charge < -0.3 is 15.8 Å². The number of carbonyl (C=O) groups is 2. The van der Waals surface area contributed by atoms with Crippen molar-refractivity contribution in [2.75, 3.05) is 25.0 Å². The summed E-state index contributed by atoms with van der Waals surface area (Å²) < 4.78 is 5.51. The van der Waals surface area contributed by atoms with Crippen molar-refractivity contribution in [3.63, 3.8) is 0 Å². The lowest BCUT2D eigenvalue weighted by Gasteiger charge is -2.31. The summed E-state index contributed by atoms with van der Waals surface area (Å²) in [6.45, 7) is 3.21. The zero-order chi connectivity index (χ0) is 20.2. The highest BCUT2D eigenvalue weighted by atomic mass is 16.5. The predicted octanol–water partition coefficient (Wildman–Crippen LogP) is 2.50. The molecular formula is C23H27N3O3. The number of rotatable bonds is 6. The van der Waals surface area contributed by atoms with Gasteiger partial charge in [-0.2, -0.15) is 0 Å². The average Bonchev–Trinajstić information content (AvgIpc) is 3.17. The van der Waals surface area contributed by atoms with Gasteiger partial charge in [0.25, 0.3) is 0 Å². The Labute approximate surface area is 171 Å². The van der Waals surface area contributed by atoms with Crippen molar-refractivity contribution in [3.8, 4) is 5.75 Å². The van der Waals surface area contributed by atoms with Gasteiger partial charge in [-0.05, 0) is 54.3 Å². The molecule has 0 spiro atoms. The summed E-state index contributed by atoms with van der Waals surface area (Å²) in [6.07, 6.45) is 3.13. The number of hydrogen-bond donors (Lipinski definition) is 2. The predicted molar refractivity (Wildman–Crippen MR) is 112 cm³/mol. The van der Waals surface area contributed by atoms with Crippen LogP contribution in [0.5, 0.6) is 5.75 Å². The van der Waals surface area contributed by atoms with Gasteiger partial charge in [-0.15, -0.1) is 0 Å². The third kappa shape index (κ3) is 4.95. The first kappa shape index (κ1) is 19.5. The maximum atomic E-state index is 12.4. The highest BCUT2D eigenvalue weighted by Crippen LogP contribution is 2.26. The highest BCUT2D eigenvalue weighted by Gasteiger charge is 2.23. The summed E-state index contributed by atoms with van der Waals surface area (Å²) in [7, 11) is 0. The number of carbonyl (C=O) groups excluding carboxylic acids is 2. The summed E-state index contributed by atoms with van der Waals surface area (Å²) in [5, 5.41) is 2.97. The van der Waals surface area contributed by atoms with Crippen LogP contribution in [-0.4, -0.2) is 36.4 Å². The van der Waals surface area contributed by atoms with Crippen molar-refractivity contribution in [3.05, 3.63) is 59.2 Å². The van der Waals surface area contributed by atoms with E-state index in [0.29, 0.717) is 6.42 Å². The molecule has 0 radical (unpaired) electrons. The maximum absolute atomic E-state index is 12.4. The van der Waals surface area contributed by atoms with Crippen LogP contribution in [0.15, 0.2) is 42.5 Å². The molecule has 6 nitrogen and oxygen atoms in total. The fourth-order valence-electron chi connectivity index (χ4n) is 4.12. The minimum atomic E-state index is -0.205. The van der Waals surface area contributed by atoms with Crippen LogP contribution in [0.1, 0.15) is 29.5 Å². The van der Waals surface area contributed by atoms with E-state index in [-0.39, 0.29) is 17.7 Å². The van der Waals surface area contributed by atoms with Gasteiger partial charge in [0.15, 0.2) is 0 Å². The molecule has 3 N–H and O–H groups in total. The van der Waals surface area contributed by atoms with Crippen molar-refractivity contribution in [1.29, 1.82) is 0 Å². The number of hydrogen-bond acceptors (Lipinski definition) is 4. The van der Waals surface area contributed by atoms with Crippen molar-refractivity contribution < 1.29 is 14.3 Å². The molecule has 1 fully saturated rings. The number of ether oxygens (including phenoxy) is 1. The molecule has 2 aromatic carbocycles. The lowest BCUT2D eigenvalue weighted by molar-refractivity contribution is -0.123. The highest BCUT2D eigenvalue weighted by molar-refractivity contribution is 5.92. The molecule has 2 amide bonds. The third-order valence-electron chi connectivity index (χ3n) is 5.67. The Morgan fingerprint density at radius 1 is 1.14 bits per heavy atom. The Morgan fingerprint density at radius 2 is 1.93 bits per heavy atom. The second-order valence-electron chi connectivity index (χ2n) is 7.94. The van der Waals surface area contributed by atoms with E-state index in [1.807, 2.05) is 36.4 Å². The standard InChI is InChI=1S/C23H27N3O3/c24-23(28)19-2-1-10-26(15-19)14-16-3-6-20(7-4-16)25-22(27)13-17-5-8-21-18(12-17)9-11-29-21/h3-8,12,19H,1-2,9-11,13-15H2,(H2,24,28)(H,25,27). The molecule has 6 heteroatoms. The summed E-state index contributed by atoms with van der Waals surface area (Å²) in [5.74, 6) is 0.647. The lowest BCUT2D eigenvalue weighted by atomic mass is 9.97. The van der Waals surface area contributed by atoms with Gasteiger partial charge in [-0.25, -0.2) is 0 Å². The first-order valence-corrected chi connectivity index (χ1v) is 10.2. The van der Waals surface area contributed by atoms with Gasteiger partial charge in [0, 0.05) is 25.2 Å². The van der Waals surface area contributed by atoms with Crippen molar-refractivity contribution in [2.45, 2.75) is 32.2 Å². The van der Waals surface area contributed by atoms with Crippen LogP contribution in [0.4, 0.5) is 5.69 Å². The van der Waals surface area contributed by atoms with Gasteiger partial charge in [0.05, 0.1) is 18.9 Å². The molecule has 0 aromatic heterocycles. The Hall–Kier alpha value is -2.86. The number of likely N-dealkylation sites (tertiary alicyclic amines) is 1. The van der Waals surface area contributed by atoms with Gasteiger partial charge in [0.2, 0.25) is 11.8 Å². The molecule has 2 heterocycles. The zero-order valence-electron chi connectivity index (χ0n) is 16.5. The minimum Gasteiger partial charge on any atom is -0.493 e. The van der Waals surface area contributed by atoms with Crippen molar-refractivity contribution in [2.24, 2.45) is 11.7 Å². The van der Waals surface area contributed by atoms with E-state index in [4.69, 9.17) is 10.5 Å². The number of benzene rings is 2. The van der Waals surface area contributed by atoms with Crippen LogP contribution in [0.25, 0.3) is 0 Å². The van der Waals surface area contributed by atoms with Gasteiger partial charge in [-0.1, -0.05) is 24.3 Å². The molecule has 0 bridgehead atoms. The van der Waals surface area contributed by atoms with E-state index < -0.39 is 0 Å². The second kappa shape index (κ2) is 8.66. The first-order valence-electron chi connectivity index (χ1n) is 10.2. The van der Waals surface area contributed by atoms with E-state index in [1.54, 1.807) is 0 Å². The third-order valence-corrected chi connectivity index (χ3v) is 5.67. The minimum absolute atomic E-state index is 0.0306. The monoisotopic (exact) mass is 393 g/mol. The average molecular weight is 393 g/mol. The second-order valence-corrected chi connectivity index (χ2v) is 7.94. The van der Waals surface area contributed by atoms with Crippen molar-refractivity contribution in [1.82, 2.24) is 4.90 Å². The lowest BCUT2D eigenvalue weighted by Crippen LogP contribution is -2.40. The molecular weight excluding hydrogens is 366 g/mol. The molecule has 0 saturated carbocycles. The van der Waals surface area contributed by atoms with Crippen LogP contribution in [-0.2, 0) is 29.0 Å². The van der Waals surface area contributed by atoms with Crippen molar-refractivity contribution >= 4 is 17.5 Å². The molecule has 0 aliphatic carbocycles. The molecule has 1 atom stereocenters. The molecule has 2 aliphatic rings. The molecule has 29 heavy (non-hydrogen) atoms. The smallest absolute Gasteiger partial charge is 0.228 e. The summed E-state index contributed by atoms with van der Waals surface area (Å²) in [4.78, 5) is 26.1. The van der Waals surface area contributed by atoms with Crippen LogP contribution in [0.2, 0.25) is 0 Å². The molecule has 2 aliphatic heterocycles. The molecule has 2 aromatic rings. The number of anilines is 1. The normalized spacial score (nSPS) is 18.7. The molecule has 1 unspecified atom stereocenters. The fourth-order valence-corrected chi connectivity index (χ4v) is 4.12. The Kier molecular flexibility index (Phi) is 5.81. The van der Waals surface area contributed by atoms with Crippen LogP contribution in [0, 0.1) is 5.92 Å². The number of fused-ring (bicyclic) bond motifs is 1. The van der Waals surface area contributed by atoms with E-state index >= 15 is 0 Å². The molecule has 152 valence electrons. The maximum Gasteiger partial charge on any atom is 0.228 e. The Morgan fingerprint density at radius 3 is 2.72 bits per heavy atom. The Balaban J connectivity index is 1.30. The van der Waals surface area contributed by atoms with Crippen LogP contribution >= 0.6 is 0 Å². The van der Waals surface area contributed by atoms with E-state index in [1.165, 1.54) is 5.56 Å². The number of primary amides is 1. The van der Waals surface area contributed by atoms with Gasteiger partial charge in [-0.3, -0.25) is 14.5 Å². The first-order chi connectivity index (χ1) is 14.1.